The second kappa shape index (κ2) is 4.90. The molecular weight excluding hydrogens is 285 g/mol. The summed E-state index contributed by atoms with van der Waals surface area (Å²) in [5.41, 5.74) is -0.144. The standard InChI is InChI=1S/C14H13ClFNO3/c1-14(2,3)12-10(13(18)19)11(17-20-12)8-5-4-7(16)6-9(8)15/h4-6H,1-3H3,(H,18,19). The van der Waals surface area contributed by atoms with E-state index in [0.29, 0.717) is 5.56 Å². The van der Waals surface area contributed by atoms with Crippen molar-refractivity contribution in [2.24, 2.45) is 0 Å². The Morgan fingerprint density at radius 2 is 2.05 bits per heavy atom. The van der Waals surface area contributed by atoms with Crippen LogP contribution in [-0.2, 0) is 5.41 Å². The first-order chi connectivity index (χ1) is 9.21. The monoisotopic (exact) mass is 297 g/mol. The number of aromatic nitrogens is 1. The third-order valence-electron chi connectivity index (χ3n) is 2.77. The van der Waals surface area contributed by atoms with Gasteiger partial charge < -0.3 is 9.63 Å². The SMILES string of the molecule is CC(C)(C)c1onc(-c2ccc(F)cc2Cl)c1C(=O)O. The molecular formula is C14H13ClFNO3. The summed E-state index contributed by atoms with van der Waals surface area (Å²) in [5, 5.41) is 13.3. The fourth-order valence-corrected chi connectivity index (χ4v) is 2.12. The maximum absolute atomic E-state index is 13.1. The Morgan fingerprint density at radius 3 is 2.55 bits per heavy atom. The molecule has 2 rings (SSSR count). The molecule has 0 atom stereocenters. The van der Waals surface area contributed by atoms with E-state index in [1.54, 1.807) is 0 Å². The molecule has 0 unspecified atom stereocenters. The van der Waals surface area contributed by atoms with E-state index in [0.717, 1.165) is 6.07 Å². The van der Waals surface area contributed by atoms with E-state index >= 15 is 0 Å². The van der Waals surface area contributed by atoms with Gasteiger partial charge in [0.15, 0.2) is 5.76 Å². The van der Waals surface area contributed by atoms with Gasteiger partial charge in [-0.2, -0.15) is 0 Å². The summed E-state index contributed by atoms with van der Waals surface area (Å²) < 4.78 is 18.3. The summed E-state index contributed by atoms with van der Waals surface area (Å²) >= 11 is 5.95. The molecule has 106 valence electrons. The lowest BCUT2D eigenvalue weighted by molar-refractivity contribution is 0.0693. The highest BCUT2D eigenvalue weighted by atomic mass is 35.5. The van der Waals surface area contributed by atoms with E-state index in [1.807, 2.05) is 20.8 Å². The molecule has 0 aliphatic heterocycles. The number of benzene rings is 1. The molecule has 1 N–H and O–H groups in total. The van der Waals surface area contributed by atoms with Crippen molar-refractivity contribution in [2.45, 2.75) is 26.2 Å². The second-order valence-corrected chi connectivity index (χ2v) is 5.82. The zero-order valence-corrected chi connectivity index (χ0v) is 12.0. The van der Waals surface area contributed by atoms with Crippen LogP contribution in [0.1, 0.15) is 36.9 Å². The lowest BCUT2D eigenvalue weighted by Crippen LogP contribution is -2.15. The molecule has 1 aromatic heterocycles. The van der Waals surface area contributed by atoms with Crippen LogP contribution in [-0.4, -0.2) is 16.2 Å². The molecule has 2 aromatic rings. The van der Waals surface area contributed by atoms with Gasteiger partial charge in [0.1, 0.15) is 17.1 Å². The number of carbonyl (C=O) groups is 1. The van der Waals surface area contributed by atoms with Crippen LogP contribution < -0.4 is 0 Å². The summed E-state index contributed by atoms with van der Waals surface area (Å²) in [7, 11) is 0. The average Bonchev–Trinajstić information content (AvgIpc) is 2.72. The van der Waals surface area contributed by atoms with Crippen LogP contribution >= 0.6 is 11.6 Å². The van der Waals surface area contributed by atoms with Crippen LogP contribution in [0.2, 0.25) is 5.02 Å². The van der Waals surface area contributed by atoms with Gasteiger partial charge in [-0.3, -0.25) is 0 Å². The third-order valence-corrected chi connectivity index (χ3v) is 3.09. The van der Waals surface area contributed by atoms with Crippen molar-refractivity contribution in [3.05, 3.63) is 40.4 Å². The number of hydrogen-bond donors (Lipinski definition) is 1. The van der Waals surface area contributed by atoms with Crippen molar-refractivity contribution in [2.75, 3.05) is 0 Å². The van der Waals surface area contributed by atoms with Gasteiger partial charge in [-0.1, -0.05) is 37.5 Å². The van der Waals surface area contributed by atoms with Crippen molar-refractivity contribution in [1.29, 1.82) is 0 Å². The highest BCUT2D eigenvalue weighted by molar-refractivity contribution is 6.33. The molecule has 0 saturated carbocycles. The van der Waals surface area contributed by atoms with Gasteiger partial charge in [0.2, 0.25) is 0 Å². The zero-order chi connectivity index (χ0) is 15.1. The van der Waals surface area contributed by atoms with Crippen LogP contribution in [0, 0.1) is 5.82 Å². The van der Waals surface area contributed by atoms with Gasteiger partial charge in [-0.25, -0.2) is 9.18 Å². The van der Waals surface area contributed by atoms with Gasteiger partial charge in [0, 0.05) is 11.0 Å². The molecule has 0 aliphatic rings. The van der Waals surface area contributed by atoms with E-state index in [-0.39, 0.29) is 22.0 Å². The fraction of sp³-hybridized carbons (Fsp3) is 0.286. The van der Waals surface area contributed by atoms with Gasteiger partial charge in [0.05, 0.1) is 5.02 Å². The smallest absolute Gasteiger partial charge is 0.341 e. The van der Waals surface area contributed by atoms with Crippen LogP contribution in [0.15, 0.2) is 22.7 Å². The number of carboxylic acid groups (broad SMARTS) is 1. The Balaban J connectivity index is 2.69. The third kappa shape index (κ3) is 2.54. The Labute approximate surface area is 120 Å². The van der Waals surface area contributed by atoms with Crippen molar-refractivity contribution >= 4 is 17.6 Å². The van der Waals surface area contributed by atoms with E-state index < -0.39 is 17.2 Å². The number of nitrogens with zero attached hydrogens (tertiary/aromatic N) is 1. The second-order valence-electron chi connectivity index (χ2n) is 5.41. The maximum atomic E-state index is 13.1. The molecule has 0 amide bonds. The molecule has 6 heteroatoms. The minimum atomic E-state index is -1.16. The highest BCUT2D eigenvalue weighted by Gasteiger charge is 2.31. The number of rotatable bonds is 2. The first kappa shape index (κ1) is 14.5. The predicted octanol–water partition coefficient (Wildman–Crippen LogP) is 4.13. The van der Waals surface area contributed by atoms with Crippen molar-refractivity contribution in [1.82, 2.24) is 5.16 Å². The predicted molar refractivity (Wildman–Crippen MR) is 72.6 cm³/mol. The minimum absolute atomic E-state index is 0.0500. The topological polar surface area (TPSA) is 63.3 Å². The summed E-state index contributed by atoms with van der Waals surface area (Å²) in [4.78, 5) is 11.5. The molecule has 4 nitrogen and oxygen atoms in total. The van der Waals surface area contributed by atoms with Crippen LogP contribution in [0.25, 0.3) is 11.3 Å². The summed E-state index contributed by atoms with van der Waals surface area (Å²) in [5.74, 6) is -1.41. The molecule has 20 heavy (non-hydrogen) atoms. The lowest BCUT2D eigenvalue weighted by atomic mass is 9.89. The Morgan fingerprint density at radius 1 is 1.40 bits per heavy atom. The Hall–Kier alpha value is -1.88. The van der Waals surface area contributed by atoms with Crippen molar-refractivity contribution in [3.63, 3.8) is 0 Å². The molecule has 0 bridgehead atoms. The largest absolute Gasteiger partial charge is 0.477 e. The number of carboxylic acids is 1. The Bertz CT molecular complexity index is 674. The molecule has 1 aromatic carbocycles. The summed E-state index contributed by atoms with van der Waals surface area (Å²) in [6, 6.07) is 3.68. The van der Waals surface area contributed by atoms with Crippen LogP contribution in [0.5, 0.6) is 0 Å². The first-order valence-corrected chi connectivity index (χ1v) is 6.28. The normalized spacial score (nSPS) is 11.7. The van der Waals surface area contributed by atoms with Gasteiger partial charge in [0.25, 0.3) is 0 Å². The maximum Gasteiger partial charge on any atom is 0.341 e. The van der Waals surface area contributed by atoms with Crippen molar-refractivity contribution in [3.8, 4) is 11.3 Å². The molecule has 0 radical (unpaired) electrons. The molecule has 0 aliphatic carbocycles. The first-order valence-electron chi connectivity index (χ1n) is 5.90. The van der Waals surface area contributed by atoms with Crippen LogP contribution in [0.4, 0.5) is 4.39 Å². The van der Waals surface area contributed by atoms with Crippen LogP contribution in [0.3, 0.4) is 0 Å². The average molecular weight is 298 g/mol. The summed E-state index contributed by atoms with van der Waals surface area (Å²) in [6.07, 6.45) is 0. The molecule has 1 heterocycles. The minimum Gasteiger partial charge on any atom is -0.477 e. The van der Waals surface area contributed by atoms with E-state index in [1.165, 1.54) is 12.1 Å². The molecule has 0 fully saturated rings. The van der Waals surface area contributed by atoms with Gasteiger partial charge in [-0.15, -0.1) is 0 Å². The lowest BCUT2D eigenvalue weighted by Gasteiger charge is -2.14. The Kier molecular flexibility index (Phi) is 3.56. The van der Waals surface area contributed by atoms with E-state index in [9.17, 15) is 14.3 Å². The number of aromatic carboxylic acids is 1. The van der Waals surface area contributed by atoms with Crippen molar-refractivity contribution < 1.29 is 18.8 Å². The van der Waals surface area contributed by atoms with E-state index in [4.69, 9.17) is 16.1 Å². The molecule has 0 saturated heterocycles. The fourth-order valence-electron chi connectivity index (χ4n) is 1.87. The quantitative estimate of drug-likeness (QED) is 0.905. The summed E-state index contributed by atoms with van der Waals surface area (Å²) in [6.45, 7) is 5.45. The van der Waals surface area contributed by atoms with Gasteiger partial charge >= 0.3 is 5.97 Å². The zero-order valence-electron chi connectivity index (χ0n) is 11.2. The highest BCUT2D eigenvalue weighted by Crippen LogP contribution is 2.36. The molecule has 0 spiro atoms. The van der Waals surface area contributed by atoms with E-state index in [2.05, 4.69) is 5.16 Å². The van der Waals surface area contributed by atoms with Gasteiger partial charge in [-0.05, 0) is 18.2 Å². The number of hydrogen-bond acceptors (Lipinski definition) is 3. The number of halogens is 2.